The Morgan fingerprint density at radius 2 is 2.11 bits per heavy atom. The summed E-state index contributed by atoms with van der Waals surface area (Å²) in [6.07, 6.45) is 2.29. The Labute approximate surface area is 110 Å². The highest BCUT2D eigenvalue weighted by Gasteiger charge is 2.31. The summed E-state index contributed by atoms with van der Waals surface area (Å²) in [4.78, 5) is 2.41. The Morgan fingerprint density at radius 3 is 2.78 bits per heavy atom. The topological polar surface area (TPSA) is 38.5 Å². The van der Waals surface area contributed by atoms with Crippen LogP contribution in [0.3, 0.4) is 0 Å². The Kier molecular flexibility index (Phi) is 3.93. The zero-order chi connectivity index (χ0) is 13.2. The quantitative estimate of drug-likeness (QED) is 0.894. The maximum absolute atomic E-state index is 6.06. The Morgan fingerprint density at radius 1 is 1.39 bits per heavy atom. The molecule has 2 N–H and O–H groups in total. The van der Waals surface area contributed by atoms with Crippen molar-refractivity contribution in [3.8, 4) is 0 Å². The summed E-state index contributed by atoms with van der Waals surface area (Å²) in [5.74, 6) is 0. The number of nitrogens with two attached hydrogens (primary N) is 1. The Hall–Kier alpha value is -1.06. The molecule has 1 aliphatic rings. The molecule has 1 saturated heterocycles. The van der Waals surface area contributed by atoms with E-state index >= 15 is 0 Å². The zero-order valence-corrected chi connectivity index (χ0v) is 11.6. The third-order valence-electron chi connectivity index (χ3n) is 3.92. The van der Waals surface area contributed by atoms with E-state index in [0.717, 1.165) is 25.9 Å². The van der Waals surface area contributed by atoms with E-state index in [9.17, 15) is 0 Å². The van der Waals surface area contributed by atoms with Crippen LogP contribution in [0.2, 0.25) is 0 Å². The van der Waals surface area contributed by atoms with Gasteiger partial charge in [0.1, 0.15) is 0 Å². The van der Waals surface area contributed by atoms with Crippen molar-refractivity contribution < 1.29 is 4.74 Å². The molecule has 1 aliphatic heterocycles. The summed E-state index contributed by atoms with van der Waals surface area (Å²) in [6, 6.07) is 8.50. The standard InChI is InChI=1S/C15H24N2O/c1-12(16)13-7-4-5-8-14(13)17-10-6-9-15(2,11-17)18-3/h4-5,7-8,12H,6,9-11,16H2,1-3H3/t12-,15?/m1/s1. The average molecular weight is 248 g/mol. The minimum Gasteiger partial charge on any atom is -0.377 e. The van der Waals surface area contributed by atoms with Gasteiger partial charge in [-0.15, -0.1) is 0 Å². The highest BCUT2D eigenvalue weighted by atomic mass is 16.5. The lowest BCUT2D eigenvalue weighted by molar-refractivity contribution is -0.00469. The van der Waals surface area contributed by atoms with E-state index in [-0.39, 0.29) is 11.6 Å². The zero-order valence-electron chi connectivity index (χ0n) is 11.6. The van der Waals surface area contributed by atoms with Crippen molar-refractivity contribution in [2.75, 3.05) is 25.1 Å². The molecule has 2 rings (SSSR count). The van der Waals surface area contributed by atoms with Gasteiger partial charge in [0, 0.05) is 31.9 Å². The maximum atomic E-state index is 6.06. The van der Waals surface area contributed by atoms with Gasteiger partial charge in [-0.05, 0) is 38.3 Å². The van der Waals surface area contributed by atoms with Crippen molar-refractivity contribution in [2.45, 2.75) is 38.3 Å². The van der Waals surface area contributed by atoms with E-state index in [1.165, 1.54) is 11.3 Å². The molecule has 1 unspecified atom stereocenters. The van der Waals surface area contributed by atoms with Crippen molar-refractivity contribution >= 4 is 5.69 Å². The van der Waals surface area contributed by atoms with Crippen LogP contribution in [0.25, 0.3) is 0 Å². The first-order valence-corrected chi connectivity index (χ1v) is 6.70. The molecular formula is C15H24N2O. The smallest absolute Gasteiger partial charge is 0.0825 e. The summed E-state index contributed by atoms with van der Waals surface area (Å²) >= 11 is 0. The maximum Gasteiger partial charge on any atom is 0.0825 e. The van der Waals surface area contributed by atoms with Crippen LogP contribution in [0.4, 0.5) is 5.69 Å². The van der Waals surface area contributed by atoms with Crippen LogP contribution in [0.5, 0.6) is 0 Å². The average Bonchev–Trinajstić information content (AvgIpc) is 2.39. The molecule has 3 nitrogen and oxygen atoms in total. The molecule has 1 heterocycles. The van der Waals surface area contributed by atoms with Crippen molar-refractivity contribution in [2.24, 2.45) is 5.73 Å². The molecule has 3 heteroatoms. The number of hydrogen-bond acceptors (Lipinski definition) is 3. The van der Waals surface area contributed by atoms with Gasteiger partial charge in [0.2, 0.25) is 0 Å². The molecule has 1 aromatic rings. The highest BCUT2D eigenvalue weighted by Crippen LogP contribution is 2.31. The van der Waals surface area contributed by atoms with Gasteiger partial charge in [-0.3, -0.25) is 0 Å². The summed E-state index contributed by atoms with van der Waals surface area (Å²) in [5.41, 5.74) is 8.50. The number of piperidine rings is 1. The SMILES string of the molecule is COC1(C)CCCN(c2ccccc2[C@@H](C)N)C1. The van der Waals surface area contributed by atoms with Crippen LogP contribution in [-0.2, 0) is 4.74 Å². The lowest BCUT2D eigenvalue weighted by Crippen LogP contribution is -2.47. The molecule has 0 aliphatic carbocycles. The first-order valence-electron chi connectivity index (χ1n) is 6.70. The molecule has 0 aromatic heterocycles. The number of rotatable bonds is 3. The molecule has 0 spiro atoms. The molecule has 1 aromatic carbocycles. The summed E-state index contributed by atoms with van der Waals surface area (Å²) in [5, 5.41) is 0. The van der Waals surface area contributed by atoms with Crippen LogP contribution in [0.1, 0.15) is 38.3 Å². The lowest BCUT2D eigenvalue weighted by Gasteiger charge is -2.41. The van der Waals surface area contributed by atoms with Crippen molar-refractivity contribution in [3.63, 3.8) is 0 Å². The summed E-state index contributed by atoms with van der Waals surface area (Å²) < 4.78 is 5.66. The molecule has 100 valence electrons. The van der Waals surface area contributed by atoms with E-state index in [1.54, 1.807) is 7.11 Å². The van der Waals surface area contributed by atoms with E-state index in [0.29, 0.717) is 0 Å². The van der Waals surface area contributed by atoms with Gasteiger partial charge in [0.25, 0.3) is 0 Å². The van der Waals surface area contributed by atoms with Crippen molar-refractivity contribution in [3.05, 3.63) is 29.8 Å². The van der Waals surface area contributed by atoms with Crippen LogP contribution in [0, 0.1) is 0 Å². The fourth-order valence-electron chi connectivity index (χ4n) is 2.74. The van der Waals surface area contributed by atoms with E-state index in [1.807, 2.05) is 6.92 Å². The van der Waals surface area contributed by atoms with Gasteiger partial charge in [0.15, 0.2) is 0 Å². The van der Waals surface area contributed by atoms with Gasteiger partial charge >= 0.3 is 0 Å². The summed E-state index contributed by atoms with van der Waals surface area (Å²) in [6.45, 7) is 6.25. The molecule has 0 amide bonds. The monoisotopic (exact) mass is 248 g/mol. The highest BCUT2D eigenvalue weighted by molar-refractivity contribution is 5.55. The third kappa shape index (κ3) is 2.68. The molecule has 1 fully saturated rings. The lowest BCUT2D eigenvalue weighted by atomic mass is 9.93. The predicted molar refractivity (Wildman–Crippen MR) is 75.9 cm³/mol. The predicted octanol–water partition coefficient (Wildman–Crippen LogP) is 2.71. The number of anilines is 1. The normalized spacial score (nSPS) is 26.1. The number of methoxy groups -OCH3 is 1. The Bertz CT molecular complexity index is 405. The number of ether oxygens (including phenoxy) is 1. The second-order valence-corrected chi connectivity index (χ2v) is 5.53. The first-order chi connectivity index (χ1) is 8.56. The second-order valence-electron chi connectivity index (χ2n) is 5.53. The van der Waals surface area contributed by atoms with Gasteiger partial charge in [0.05, 0.1) is 5.60 Å². The van der Waals surface area contributed by atoms with Gasteiger partial charge in [-0.2, -0.15) is 0 Å². The second kappa shape index (κ2) is 5.29. The van der Waals surface area contributed by atoms with Crippen LogP contribution < -0.4 is 10.6 Å². The van der Waals surface area contributed by atoms with E-state index < -0.39 is 0 Å². The van der Waals surface area contributed by atoms with Crippen molar-refractivity contribution in [1.82, 2.24) is 0 Å². The fourth-order valence-corrected chi connectivity index (χ4v) is 2.74. The number of benzene rings is 1. The van der Waals surface area contributed by atoms with Crippen LogP contribution in [0.15, 0.2) is 24.3 Å². The van der Waals surface area contributed by atoms with Crippen LogP contribution >= 0.6 is 0 Å². The number of nitrogens with zero attached hydrogens (tertiary/aromatic N) is 1. The van der Waals surface area contributed by atoms with Gasteiger partial charge < -0.3 is 15.4 Å². The molecule has 0 saturated carbocycles. The first kappa shape index (κ1) is 13.4. The largest absolute Gasteiger partial charge is 0.377 e. The molecule has 0 radical (unpaired) electrons. The minimum absolute atomic E-state index is 0.0385. The molecule has 18 heavy (non-hydrogen) atoms. The third-order valence-corrected chi connectivity index (χ3v) is 3.92. The summed E-state index contributed by atoms with van der Waals surface area (Å²) in [7, 11) is 1.81. The van der Waals surface area contributed by atoms with E-state index in [2.05, 4.69) is 36.1 Å². The molecular weight excluding hydrogens is 224 g/mol. The van der Waals surface area contributed by atoms with Gasteiger partial charge in [-0.25, -0.2) is 0 Å². The van der Waals surface area contributed by atoms with Crippen molar-refractivity contribution in [1.29, 1.82) is 0 Å². The van der Waals surface area contributed by atoms with E-state index in [4.69, 9.17) is 10.5 Å². The Balaban J connectivity index is 2.26. The number of para-hydroxylation sites is 1. The number of hydrogen-bond donors (Lipinski definition) is 1. The fraction of sp³-hybridized carbons (Fsp3) is 0.600. The molecule has 0 bridgehead atoms. The minimum atomic E-state index is -0.0385. The van der Waals surface area contributed by atoms with Crippen LogP contribution in [-0.4, -0.2) is 25.8 Å². The van der Waals surface area contributed by atoms with Gasteiger partial charge in [-0.1, -0.05) is 18.2 Å². The molecule has 2 atom stereocenters.